The van der Waals surface area contributed by atoms with Gasteiger partial charge in [-0.2, -0.15) is 0 Å². The largest absolute Gasteiger partial charge is 0.477 e. The fourth-order valence-corrected chi connectivity index (χ4v) is 2.14. The van der Waals surface area contributed by atoms with E-state index in [4.69, 9.17) is 5.11 Å². The van der Waals surface area contributed by atoms with Gasteiger partial charge in [-0.1, -0.05) is 30.3 Å². The number of benzene rings is 2. The van der Waals surface area contributed by atoms with Crippen LogP contribution in [0.3, 0.4) is 0 Å². The Labute approximate surface area is 108 Å². The van der Waals surface area contributed by atoms with E-state index >= 15 is 0 Å². The Bertz CT molecular complexity index is 759. The van der Waals surface area contributed by atoms with Crippen molar-refractivity contribution in [3.63, 3.8) is 0 Å². The second-order valence-electron chi connectivity index (χ2n) is 4.26. The van der Waals surface area contributed by atoms with Crippen LogP contribution in [-0.4, -0.2) is 16.1 Å². The SMILES string of the molecule is O=C(O)c1cc2cccc(-c3ccc(F)cc3)c2[nH]1. The number of carbonyl (C=O) groups is 1. The molecule has 3 nitrogen and oxygen atoms in total. The number of aromatic nitrogens is 1. The number of nitrogens with one attached hydrogen (secondary N) is 1. The molecule has 1 heterocycles. The van der Waals surface area contributed by atoms with Gasteiger partial charge in [-0.05, 0) is 23.8 Å². The molecule has 3 aromatic rings. The Hall–Kier alpha value is -2.62. The lowest BCUT2D eigenvalue weighted by molar-refractivity contribution is 0.0691. The standard InChI is InChI=1S/C15H10FNO2/c16-11-6-4-9(5-7-11)12-3-1-2-10-8-13(15(18)19)17-14(10)12/h1-8,17H,(H,18,19). The minimum atomic E-state index is -0.999. The molecule has 0 saturated carbocycles. The zero-order chi connectivity index (χ0) is 13.4. The normalized spacial score (nSPS) is 10.8. The van der Waals surface area contributed by atoms with Crippen molar-refractivity contribution < 1.29 is 14.3 Å². The molecule has 1 aromatic heterocycles. The van der Waals surface area contributed by atoms with Crippen LogP contribution < -0.4 is 0 Å². The topological polar surface area (TPSA) is 53.1 Å². The van der Waals surface area contributed by atoms with Crippen molar-refractivity contribution in [1.29, 1.82) is 0 Å². The second-order valence-corrected chi connectivity index (χ2v) is 4.26. The van der Waals surface area contributed by atoms with Crippen molar-refractivity contribution in [3.05, 3.63) is 60.0 Å². The van der Waals surface area contributed by atoms with E-state index in [1.807, 2.05) is 18.2 Å². The minimum absolute atomic E-state index is 0.143. The van der Waals surface area contributed by atoms with Gasteiger partial charge >= 0.3 is 5.97 Å². The van der Waals surface area contributed by atoms with E-state index in [-0.39, 0.29) is 11.5 Å². The predicted molar refractivity (Wildman–Crippen MR) is 70.7 cm³/mol. The fraction of sp³-hybridized carbons (Fsp3) is 0. The molecule has 0 fully saturated rings. The summed E-state index contributed by atoms with van der Waals surface area (Å²) in [6, 6.07) is 13.3. The number of rotatable bonds is 2. The monoisotopic (exact) mass is 255 g/mol. The van der Waals surface area contributed by atoms with E-state index in [2.05, 4.69) is 4.98 Å². The van der Waals surface area contributed by atoms with Crippen LogP contribution in [0.15, 0.2) is 48.5 Å². The highest BCUT2D eigenvalue weighted by molar-refractivity contribution is 5.99. The van der Waals surface area contributed by atoms with Crippen LogP contribution in [0.4, 0.5) is 4.39 Å². The highest BCUT2D eigenvalue weighted by Crippen LogP contribution is 2.28. The fourth-order valence-electron chi connectivity index (χ4n) is 2.14. The van der Waals surface area contributed by atoms with Crippen molar-refractivity contribution in [2.24, 2.45) is 0 Å². The van der Waals surface area contributed by atoms with E-state index in [0.717, 1.165) is 22.0 Å². The maximum atomic E-state index is 12.9. The van der Waals surface area contributed by atoms with E-state index in [1.165, 1.54) is 12.1 Å². The first-order chi connectivity index (χ1) is 9.15. The lowest BCUT2D eigenvalue weighted by Crippen LogP contribution is -1.95. The van der Waals surface area contributed by atoms with Gasteiger partial charge in [0, 0.05) is 10.9 Å². The number of hydrogen-bond donors (Lipinski definition) is 2. The van der Waals surface area contributed by atoms with Gasteiger partial charge in [0.15, 0.2) is 0 Å². The summed E-state index contributed by atoms with van der Waals surface area (Å²) in [4.78, 5) is 13.9. The number of carboxylic acid groups (broad SMARTS) is 1. The number of H-pyrrole nitrogens is 1. The summed E-state index contributed by atoms with van der Waals surface area (Å²) in [5.74, 6) is -1.30. The Morgan fingerprint density at radius 3 is 2.53 bits per heavy atom. The molecule has 0 saturated heterocycles. The first-order valence-corrected chi connectivity index (χ1v) is 5.76. The van der Waals surface area contributed by atoms with Crippen LogP contribution in [0.2, 0.25) is 0 Å². The zero-order valence-corrected chi connectivity index (χ0v) is 9.85. The van der Waals surface area contributed by atoms with Gasteiger partial charge in [-0.3, -0.25) is 0 Å². The summed E-state index contributed by atoms with van der Waals surface area (Å²) >= 11 is 0. The summed E-state index contributed by atoms with van der Waals surface area (Å²) < 4.78 is 12.9. The average Bonchev–Trinajstić information content (AvgIpc) is 2.83. The van der Waals surface area contributed by atoms with Gasteiger partial charge in [-0.15, -0.1) is 0 Å². The molecule has 0 aliphatic rings. The van der Waals surface area contributed by atoms with Crippen LogP contribution >= 0.6 is 0 Å². The van der Waals surface area contributed by atoms with Crippen LogP contribution in [0.5, 0.6) is 0 Å². The van der Waals surface area contributed by atoms with Crippen molar-refractivity contribution in [2.75, 3.05) is 0 Å². The third-order valence-electron chi connectivity index (χ3n) is 3.04. The molecule has 0 radical (unpaired) electrons. The maximum absolute atomic E-state index is 12.9. The molecule has 0 spiro atoms. The first kappa shape index (κ1) is 11.5. The molecule has 0 amide bonds. The quantitative estimate of drug-likeness (QED) is 0.734. The highest BCUT2D eigenvalue weighted by Gasteiger charge is 2.11. The summed E-state index contributed by atoms with van der Waals surface area (Å²) in [6.07, 6.45) is 0. The molecule has 19 heavy (non-hydrogen) atoms. The van der Waals surface area contributed by atoms with Crippen LogP contribution in [0.25, 0.3) is 22.0 Å². The molecule has 94 valence electrons. The predicted octanol–water partition coefficient (Wildman–Crippen LogP) is 3.67. The molecule has 0 bridgehead atoms. The number of hydrogen-bond acceptors (Lipinski definition) is 1. The molecule has 4 heteroatoms. The van der Waals surface area contributed by atoms with Gasteiger partial charge in [0.2, 0.25) is 0 Å². The van der Waals surface area contributed by atoms with Crippen LogP contribution in [-0.2, 0) is 0 Å². The van der Waals surface area contributed by atoms with E-state index in [0.29, 0.717) is 0 Å². The Morgan fingerprint density at radius 2 is 1.84 bits per heavy atom. The Morgan fingerprint density at radius 1 is 1.11 bits per heavy atom. The second kappa shape index (κ2) is 4.24. The third-order valence-corrected chi connectivity index (χ3v) is 3.04. The number of para-hydroxylation sites is 1. The molecule has 2 aromatic carbocycles. The maximum Gasteiger partial charge on any atom is 0.352 e. The van der Waals surface area contributed by atoms with E-state index < -0.39 is 5.97 Å². The van der Waals surface area contributed by atoms with E-state index in [9.17, 15) is 9.18 Å². The zero-order valence-electron chi connectivity index (χ0n) is 9.85. The lowest BCUT2D eigenvalue weighted by atomic mass is 10.0. The first-order valence-electron chi connectivity index (χ1n) is 5.76. The molecule has 2 N–H and O–H groups in total. The van der Waals surface area contributed by atoms with Crippen molar-refractivity contribution >= 4 is 16.9 Å². The molecule has 0 aliphatic heterocycles. The van der Waals surface area contributed by atoms with Crippen LogP contribution in [0.1, 0.15) is 10.5 Å². The van der Waals surface area contributed by atoms with Crippen molar-refractivity contribution in [2.45, 2.75) is 0 Å². The smallest absolute Gasteiger partial charge is 0.352 e. The summed E-state index contributed by atoms with van der Waals surface area (Å²) in [5.41, 5.74) is 2.58. The summed E-state index contributed by atoms with van der Waals surface area (Å²) in [7, 11) is 0. The van der Waals surface area contributed by atoms with Crippen molar-refractivity contribution in [1.82, 2.24) is 4.98 Å². The molecular weight excluding hydrogens is 245 g/mol. The number of fused-ring (bicyclic) bond motifs is 1. The van der Waals surface area contributed by atoms with Gasteiger partial charge in [0.1, 0.15) is 11.5 Å². The number of aromatic carboxylic acids is 1. The van der Waals surface area contributed by atoms with Gasteiger partial charge < -0.3 is 10.1 Å². The molecule has 0 atom stereocenters. The third kappa shape index (κ3) is 1.97. The minimum Gasteiger partial charge on any atom is -0.477 e. The Balaban J connectivity index is 2.23. The van der Waals surface area contributed by atoms with E-state index in [1.54, 1.807) is 18.2 Å². The Kier molecular flexibility index (Phi) is 2.56. The highest BCUT2D eigenvalue weighted by atomic mass is 19.1. The molecule has 0 unspecified atom stereocenters. The van der Waals surface area contributed by atoms with Crippen LogP contribution in [0, 0.1) is 5.82 Å². The van der Waals surface area contributed by atoms with Gasteiger partial charge in [0.25, 0.3) is 0 Å². The average molecular weight is 255 g/mol. The van der Waals surface area contributed by atoms with Gasteiger partial charge in [0.05, 0.1) is 5.52 Å². The number of halogens is 1. The molecule has 0 aliphatic carbocycles. The lowest BCUT2D eigenvalue weighted by Gasteiger charge is -2.03. The summed E-state index contributed by atoms with van der Waals surface area (Å²) in [6.45, 7) is 0. The molecular formula is C15H10FNO2. The van der Waals surface area contributed by atoms with Gasteiger partial charge in [-0.25, -0.2) is 9.18 Å². The number of carboxylic acids is 1. The van der Waals surface area contributed by atoms with Crippen molar-refractivity contribution in [3.8, 4) is 11.1 Å². The molecule has 3 rings (SSSR count). The number of aromatic amines is 1. The summed E-state index contributed by atoms with van der Waals surface area (Å²) in [5, 5.41) is 9.82.